The number of amides is 1. The topological polar surface area (TPSA) is 93.3 Å². The first kappa shape index (κ1) is 24.3. The molecule has 4 rings (SSSR count). The number of fused-ring (bicyclic) bond motifs is 1. The third-order valence-corrected chi connectivity index (χ3v) is 6.10. The molecule has 0 spiro atoms. The summed E-state index contributed by atoms with van der Waals surface area (Å²) in [5.74, 6) is 0.0810. The van der Waals surface area contributed by atoms with Gasteiger partial charge in [0.1, 0.15) is 11.6 Å². The fraction of sp³-hybridized carbons (Fsp3) is 0.222. The molecule has 8 heteroatoms. The number of imidazole rings is 1. The molecule has 0 aliphatic rings. The molecule has 180 valence electrons. The first-order valence-corrected chi connectivity index (χ1v) is 11.6. The van der Waals surface area contributed by atoms with Crippen LogP contribution in [0.5, 0.6) is 5.75 Å². The second kappa shape index (κ2) is 10.2. The molecule has 1 atom stereocenters. The highest BCUT2D eigenvalue weighted by atomic mass is 35.5. The van der Waals surface area contributed by atoms with Crippen molar-refractivity contribution < 1.29 is 19.1 Å². The third-order valence-electron chi connectivity index (χ3n) is 5.69. The Bertz CT molecular complexity index is 1400. The van der Waals surface area contributed by atoms with Crippen molar-refractivity contribution in [3.63, 3.8) is 0 Å². The number of halogens is 1. The maximum Gasteiger partial charge on any atom is 0.338 e. The molecule has 0 saturated heterocycles. The first-order chi connectivity index (χ1) is 16.8. The number of nitrogens with one attached hydrogen (secondary N) is 2. The van der Waals surface area contributed by atoms with E-state index in [1.165, 1.54) is 7.11 Å². The summed E-state index contributed by atoms with van der Waals surface area (Å²) in [4.78, 5) is 33.6. The van der Waals surface area contributed by atoms with E-state index in [2.05, 4.69) is 15.3 Å². The van der Waals surface area contributed by atoms with Crippen LogP contribution in [-0.2, 0) is 9.53 Å². The van der Waals surface area contributed by atoms with Gasteiger partial charge in [-0.15, -0.1) is 0 Å². The van der Waals surface area contributed by atoms with Crippen molar-refractivity contribution in [2.75, 3.05) is 12.4 Å². The summed E-state index contributed by atoms with van der Waals surface area (Å²) in [6, 6.07) is 16.4. The Morgan fingerprint density at radius 1 is 1.09 bits per heavy atom. The predicted molar refractivity (Wildman–Crippen MR) is 137 cm³/mol. The molecule has 0 saturated carbocycles. The van der Waals surface area contributed by atoms with Crippen LogP contribution in [0.2, 0.25) is 5.02 Å². The zero-order valence-corrected chi connectivity index (χ0v) is 20.7. The number of benzene rings is 3. The van der Waals surface area contributed by atoms with Crippen molar-refractivity contribution in [2.24, 2.45) is 0 Å². The largest absolute Gasteiger partial charge is 0.495 e. The summed E-state index contributed by atoms with van der Waals surface area (Å²) < 4.78 is 10.9. The molecule has 1 heterocycles. The number of rotatable bonds is 7. The van der Waals surface area contributed by atoms with E-state index in [-0.39, 0.29) is 0 Å². The minimum atomic E-state index is -0.983. The smallest absolute Gasteiger partial charge is 0.338 e. The summed E-state index contributed by atoms with van der Waals surface area (Å²) in [7, 11) is 1.49. The van der Waals surface area contributed by atoms with Crippen LogP contribution < -0.4 is 10.1 Å². The second-order valence-electron chi connectivity index (χ2n) is 8.28. The van der Waals surface area contributed by atoms with Crippen molar-refractivity contribution in [1.82, 2.24) is 9.97 Å². The molecule has 35 heavy (non-hydrogen) atoms. The number of hydrogen-bond acceptors (Lipinski definition) is 5. The summed E-state index contributed by atoms with van der Waals surface area (Å²) in [5.41, 5.74) is 5.10. The Hall–Kier alpha value is -3.84. The average molecular weight is 492 g/mol. The highest BCUT2D eigenvalue weighted by Crippen LogP contribution is 2.31. The lowest BCUT2D eigenvalue weighted by molar-refractivity contribution is -0.124. The van der Waals surface area contributed by atoms with Gasteiger partial charge in [0.2, 0.25) is 0 Å². The van der Waals surface area contributed by atoms with Gasteiger partial charge in [-0.25, -0.2) is 9.78 Å². The molecule has 1 unspecified atom stereocenters. The number of nitrogens with zero attached hydrogens (tertiary/aromatic N) is 1. The van der Waals surface area contributed by atoms with Crippen molar-refractivity contribution in [3.05, 3.63) is 76.3 Å². The van der Waals surface area contributed by atoms with Gasteiger partial charge in [-0.05, 0) is 50.1 Å². The van der Waals surface area contributed by atoms with Gasteiger partial charge in [0.25, 0.3) is 5.91 Å². The first-order valence-electron chi connectivity index (χ1n) is 11.2. The number of methoxy groups -OCH3 is 1. The highest BCUT2D eigenvalue weighted by molar-refractivity contribution is 6.31. The molecule has 2 N–H and O–H groups in total. The van der Waals surface area contributed by atoms with Crippen LogP contribution in [0.1, 0.15) is 34.8 Å². The number of aromatic amines is 1. The molecule has 0 fully saturated rings. The number of esters is 1. The van der Waals surface area contributed by atoms with Crippen molar-refractivity contribution in [3.8, 4) is 17.1 Å². The minimum Gasteiger partial charge on any atom is -0.495 e. The Kier molecular flexibility index (Phi) is 7.07. The fourth-order valence-corrected chi connectivity index (χ4v) is 3.80. The number of hydrogen-bond donors (Lipinski definition) is 2. The summed E-state index contributed by atoms with van der Waals surface area (Å²) >= 11 is 6.14. The van der Waals surface area contributed by atoms with Gasteiger partial charge in [-0.2, -0.15) is 0 Å². The highest BCUT2D eigenvalue weighted by Gasteiger charge is 2.24. The normalized spacial score (nSPS) is 11.8. The van der Waals surface area contributed by atoms with Gasteiger partial charge < -0.3 is 19.8 Å². The van der Waals surface area contributed by atoms with Crippen molar-refractivity contribution >= 4 is 40.2 Å². The molecular weight excluding hydrogens is 466 g/mol. The van der Waals surface area contributed by atoms with Crippen LogP contribution in [0, 0.1) is 13.8 Å². The lowest BCUT2D eigenvalue weighted by atomic mass is 10.1. The minimum absolute atomic E-state index is 0.302. The molecule has 0 aliphatic carbocycles. The molecule has 3 aromatic carbocycles. The summed E-state index contributed by atoms with van der Waals surface area (Å²) in [6.45, 7) is 5.62. The fourth-order valence-electron chi connectivity index (χ4n) is 3.65. The number of carbonyl (C=O) groups excluding carboxylic acids is 2. The van der Waals surface area contributed by atoms with Gasteiger partial charge in [0.15, 0.2) is 6.10 Å². The van der Waals surface area contributed by atoms with E-state index in [9.17, 15) is 9.59 Å². The van der Waals surface area contributed by atoms with Gasteiger partial charge in [-0.3, -0.25) is 4.79 Å². The number of anilines is 1. The van der Waals surface area contributed by atoms with Crippen LogP contribution >= 0.6 is 11.6 Å². The molecule has 1 amide bonds. The number of aromatic nitrogens is 2. The summed E-state index contributed by atoms with van der Waals surface area (Å²) in [6.07, 6.45) is -0.681. The molecule has 7 nitrogen and oxygen atoms in total. The molecular formula is C27H26ClN3O4. The van der Waals surface area contributed by atoms with Gasteiger partial charge >= 0.3 is 5.97 Å². The quantitative estimate of drug-likeness (QED) is 0.305. The van der Waals surface area contributed by atoms with E-state index in [1.807, 2.05) is 38.1 Å². The lowest BCUT2D eigenvalue weighted by Gasteiger charge is -2.18. The number of H-pyrrole nitrogens is 1. The zero-order valence-electron chi connectivity index (χ0n) is 19.9. The number of ether oxygens (including phenoxy) is 2. The molecule has 4 aromatic rings. The standard InChI is InChI=1S/C27H26ClN3O4/c1-5-23(26(32)31-22-12-16(3)19(28)14-24(22)34-4)35-27(33)18-10-11-20-21(13-18)30-25(29-20)17-8-6-15(2)7-9-17/h6-14,23H,5H2,1-4H3,(H,29,30)(H,31,32). The zero-order chi connectivity index (χ0) is 25.1. The Morgan fingerprint density at radius 3 is 2.51 bits per heavy atom. The Labute approximate surface area is 208 Å². The maximum absolute atomic E-state index is 12.9. The van der Waals surface area contributed by atoms with E-state index in [0.29, 0.717) is 39.8 Å². The average Bonchev–Trinajstić information content (AvgIpc) is 3.28. The van der Waals surface area contributed by atoms with Crippen LogP contribution in [-0.4, -0.2) is 35.1 Å². The van der Waals surface area contributed by atoms with E-state index in [1.54, 1.807) is 37.3 Å². The van der Waals surface area contributed by atoms with E-state index in [4.69, 9.17) is 21.1 Å². The second-order valence-corrected chi connectivity index (χ2v) is 8.68. The molecule has 0 bridgehead atoms. The Balaban J connectivity index is 1.50. The molecule has 0 aliphatic heterocycles. The van der Waals surface area contributed by atoms with Crippen LogP contribution in [0.4, 0.5) is 5.69 Å². The van der Waals surface area contributed by atoms with E-state index < -0.39 is 18.0 Å². The monoisotopic (exact) mass is 491 g/mol. The maximum atomic E-state index is 12.9. The van der Waals surface area contributed by atoms with Crippen molar-refractivity contribution in [2.45, 2.75) is 33.3 Å². The Morgan fingerprint density at radius 2 is 1.83 bits per heavy atom. The number of carbonyl (C=O) groups is 2. The van der Waals surface area contributed by atoms with Crippen LogP contribution in [0.25, 0.3) is 22.4 Å². The predicted octanol–water partition coefficient (Wildman–Crippen LogP) is 6.08. The van der Waals surface area contributed by atoms with E-state index in [0.717, 1.165) is 22.2 Å². The van der Waals surface area contributed by atoms with Gasteiger partial charge in [-0.1, -0.05) is 48.4 Å². The lowest BCUT2D eigenvalue weighted by Crippen LogP contribution is -2.32. The van der Waals surface area contributed by atoms with E-state index >= 15 is 0 Å². The van der Waals surface area contributed by atoms with Gasteiger partial charge in [0, 0.05) is 16.7 Å². The van der Waals surface area contributed by atoms with Crippen LogP contribution in [0.15, 0.2) is 54.6 Å². The summed E-state index contributed by atoms with van der Waals surface area (Å²) in [5, 5.41) is 3.30. The van der Waals surface area contributed by atoms with Crippen LogP contribution in [0.3, 0.4) is 0 Å². The SMILES string of the molecule is CCC(OC(=O)c1ccc2nc(-c3ccc(C)cc3)[nH]c2c1)C(=O)Nc1cc(C)c(Cl)cc1OC. The molecule has 1 aromatic heterocycles. The number of aryl methyl sites for hydroxylation is 2. The van der Waals surface area contributed by atoms with Gasteiger partial charge in [0.05, 0.1) is 29.4 Å². The third kappa shape index (κ3) is 5.30. The van der Waals surface area contributed by atoms with Crippen molar-refractivity contribution in [1.29, 1.82) is 0 Å². The molecule has 0 radical (unpaired) electrons.